The molecule has 8 nitrogen and oxygen atoms in total. The van der Waals surface area contributed by atoms with Gasteiger partial charge in [-0.3, -0.25) is 4.79 Å². The molecule has 0 saturated carbocycles. The molecule has 1 aliphatic rings. The Balaban J connectivity index is 1.53. The lowest BCUT2D eigenvalue weighted by atomic mass is 9.96. The molecular weight excluding hydrogens is 535 g/mol. The summed E-state index contributed by atoms with van der Waals surface area (Å²) in [6.07, 6.45) is -0.444. The number of aliphatic hydroxyl groups excluding tert-OH is 1. The van der Waals surface area contributed by atoms with Crippen molar-refractivity contribution in [2.24, 2.45) is 13.0 Å². The van der Waals surface area contributed by atoms with Gasteiger partial charge in [-0.15, -0.1) is 0 Å². The summed E-state index contributed by atoms with van der Waals surface area (Å²) in [4.78, 5) is 30.7. The largest absolute Gasteiger partial charge is 0.394 e. The van der Waals surface area contributed by atoms with Gasteiger partial charge in [-0.05, 0) is 42.3 Å². The first-order valence-electron chi connectivity index (χ1n) is 14.2. The van der Waals surface area contributed by atoms with Crippen LogP contribution in [0.3, 0.4) is 0 Å². The first kappa shape index (κ1) is 29.3. The third kappa shape index (κ3) is 5.75. The van der Waals surface area contributed by atoms with E-state index in [2.05, 4.69) is 5.32 Å². The summed E-state index contributed by atoms with van der Waals surface area (Å²) >= 11 is 0. The Morgan fingerprint density at radius 1 is 1.14 bits per heavy atom. The number of hydrogen-bond acceptors (Lipinski definition) is 4. The van der Waals surface area contributed by atoms with Crippen LogP contribution in [0.1, 0.15) is 29.9 Å². The lowest BCUT2D eigenvalue weighted by Crippen LogP contribution is -2.48. The normalized spacial score (nSPS) is 18.1. The number of aliphatic hydroxyl groups is 1. The van der Waals surface area contributed by atoms with Gasteiger partial charge in [-0.25, -0.2) is 9.18 Å². The second kappa shape index (κ2) is 12.3. The van der Waals surface area contributed by atoms with Gasteiger partial charge in [0.2, 0.25) is 0 Å². The zero-order valence-corrected chi connectivity index (χ0v) is 24.4. The number of nitrogens with one attached hydrogen (secondary N) is 1. The molecule has 0 saturated heterocycles. The summed E-state index contributed by atoms with van der Waals surface area (Å²) in [6, 6.07) is 20.7. The lowest BCUT2D eigenvalue weighted by Gasteiger charge is -2.35. The second-order valence-electron chi connectivity index (χ2n) is 11.1. The van der Waals surface area contributed by atoms with E-state index in [1.807, 2.05) is 74.0 Å². The van der Waals surface area contributed by atoms with Gasteiger partial charge < -0.3 is 29.5 Å². The van der Waals surface area contributed by atoms with Crippen molar-refractivity contribution in [3.05, 3.63) is 89.9 Å². The Bertz CT molecular complexity index is 1600. The minimum Gasteiger partial charge on any atom is -0.394 e. The SMILES string of the molecule is C[C@@H]1CN([C@H](C)CO)C(=O)c2c(c3ccccc3n2C)-c2ccccc2CO[C@H]1CN(C)C(=O)Nc1cccc(F)c1. The van der Waals surface area contributed by atoms with E-state index in [1.54, 1.807) is 18.0 Å². The van der Waals surface area contributed by atoms with Crippen LogP contribution < -0.4 is 5.32 Å². The van der Waals surface area contributed by atoms with Crippen molar-refractivity contribution < 1.29 is 23.8 Å². The van der Waals surface area contributed by atoms with Crippen LogP contribution in [0.25, 0.3) is 22.0 Å². The number of carbonyl (C=O) groups excluding carboxylic acids is 2. The van der Waals surface area contributed by atoms with Crippen LogP contribution in [-0.2, 0) is 18.4 Å². The van der Waals surface area contributed by atoms with Crippen molar-refractivity contribution in [3.63, 3.8) is 0 Å². The van der Waals surface area contributed by atoms with Crippen LogP contribution in [0.4, 0.5) is 14.9 Å². The molecule has 3 aromatic carbocycles. The number of fused-ring (bicyclic) bond motifs is 5. The summed E-state index contributed by atoms with van der Waals surface area (Å²) in [7, 11) is 3.56. The molecule has 0 spiro atoms. The predicted octanol–water partition coefficient (Wildman–Crippen LogP) is 5.51. The van der Waals surface area contributed by atoms with Gasteiger partial charge in [0.15, 0.2) is 0 Å². The Hall–Kier alpha value is -4.21. The van der Waals surface area contributed by atoms with Crippen LogP contribution in [0.15, 0.2) is 72.8 Å². The summed E-state index contributed by atoms with van der Waals surface area (Å²) in [5.41, 5.74) is 4.52. The summed E-state index contributed by atoms with van der Waals surface area (Å²) in [6.45, 7) is 4.43. The average molecular weight is 573 g/mol. The molecule has 0 aliphatic carbocycles. The van der Waals surface area contributed by atoms with Crippen molar-refractivity contribution in [2.45, 2.75) is 32.6 Å². The van der Waals surface area contributed by atoms with Crippen molar-refractivity contribution in [1.82, 2.24) is 14.4 Å². The van der Waals surface area contributed by atoms with Gasteiger partial charge in [-0.2, -0.15) is 0 Å². The van der Waals surface area contributed by atoms with Crippen molar-refractivity contribution in [3.8, 4) is 11.1 Å². The summed E-state index contributed by atoms with van der Waals surface area (Å²) in [5.74, 6) is -0.813. The maximum Gasteiger partial charge on any atom is 0.321 e. The number of halogens is 1. The highest BCUT2D eigenvalue weighted by Gasteiger charge is 2.34. The molecule has 3 atom stereocenters. The van der Waals surface area contributed by atoms with Gasteiger partial charge in [0.25, 0.3) is 5.91 Å². The van der Waals surface area contributed by atoms with Crippen LogP contribution >= 0.6 is 0 Å². The minimum absolute atomic E-state index is 0.176. The van der Waals surface area contributed by atoms with E-state index in [0.29, 0.717) is 17.9 Å². The number of carbonyl (C=O) groups is 2. The molecule has 4 aromatic rings. The maximum atomic E-state index is 14.4. The van der Waals surface area contributed by atoms with E-state index < -0.39 is 24.0 Å². The number of likely N-dealkylation sites (N-methyl/N-ethyl adjacent to an activating group) is 1. The van der Waals surface area contributed by atoms with E-state index >= 15 is 0 Å². The van der Waals surface area contributed by atoms with Gasteiger partial charge in [0, 0.05) is 55.3 Å². The number of amides is 3. The zero-order valence-electron chi connectivity index (χ0n) is 24.4. The predicted molar refractivity (Wildman–Crippen MR) is 162 cm³/mol. The Labute approximate surface area is 245 Å². The second-order valence-corrected chi connectivity index (χ2v) is 11.1. The molecule has 5 rings (SSSR count). The van der Waals surface area contributed by atoms with Crippen molar-refractivity contribution >= 4 is 28.5 Å². The molecule has 3 amide bonds. The minimum atomic E-state index is -0.448. The molecule has 42 heavy (non-hydrogen) atoms. The third-order valence-corrected chi connectivity index (χ3v) is 8.10. The number of nitrogens with zero attached hydrogens (tertiary/aromatic N) is 3. The highest BCUT2D eigenvalue weighted by molar-refractivity contribution is 6.10. The first-order chi connectivity index (χ1) is 20.2. The fraction of sp³-hybridized carbons (Fsp3) is 0.333. The molecule has 0 fully saturated rings. The molecule has 2 N–H and O–H groups in total. The van der Waals surface area contributed by atoms with E-state index in [4.69, 9.17) is 4.74 Å². The molecule has 1 aliphatic heterocycles. The molecule has 0 unspecified atom stereocenters. The smallest absolute Gasteiger partial charge is 0.321 e. The van der Waals surface area contributed by atoms with Crippen LogP contribution in [0, 0.1) is 11.7 Å². The van der Waals surface area contributed by atoms with Gasteiger partial charge >= 0.3 is 6.03 Å². The highest BCUT2D eigenvalue weighted by Crippen LogP contribution is 2.38. The van der Waals surface area contributed by atoms with Crippen molar-refractivity contribution in [1.29, 1.82) is 0 Å². The number of urea groups is 1. The van der Waals surface area contributed by atoms with E-state index in [1.165, 1.54) is 23.1 Å². The molecule has 0 radical (unpaired) electrons. The molecule has 0 bridgehead atoms. The fourth-order valence-electron chi connectivity index (χ4n) is 5.66. The maximum absolute atomic E-state index is 14.4. The standard InChI is InChI=1S/C33H37FN4O4/c1-21-17-38(22(2)19-39)32(40)31-30(27-14-7-8-15-28(27)37(31)4)26-13-6-5-10-23(26)20-42-29(21)18-36(3)33(41)35-25-12-9-11-24(34)16-25/h5-16,21-22,29,39H,17-20H2,1-4H3,(H,35,41)/t21-,22-,29+/m1/s1. The number of anilines is 1. The number of para-hydroxylation sites is 1. The van der Waals surface area contributed by atoms with E-state index in [0.717, 1.165) is 27.6 Å². The number of aromatic nitrogens is 1. The summed E-state index contributed by atoms with van der Waals surface area (Å²) in [5, 5.41) is 13.9. The molecule has 9 heteroatoms. The van der Waals surface area contributed by atoms with E-state index in [9.17, 15) is 19.1 Å². The quantitative estimate of drug-likeness (QED) is 0.330. The van der Waals surface area contributed by atoms with Crippen LogP contribution in [0.2, 0.25) is 0 Å². The molecule has 1 aromatic heterocycles. The number of aryl methyl sites for hydroxylation is 1. The Kier molecular flexibility index (Phi) is 8.61. The number of benzene rings is 3. The van der Waals surface area contributed by atoms with Crippen LogP contribution in [-0.4, -0.2) is 70.3 Å². The average Bonchev–Trinajstić information content (AvgIpc) is 3.28. The Morgan fingerprint density at radius 2 is 1.88 bits per heavy atom. The zero-order chi connectivity index (χ0) is 30.0. The highest BCUT2D eigenvalue weighted by atomic mass is 19.1. The monoisotopic (exact) mass is 572 g/mol. The Morgan fingerprint density at radius 3 is 2.64 bits per heavy atom. The van der Waals surface area contributed by atoms with Gasteiger partial charge in [0.05, 0.1) is 25.4 Å². The molecule has 2 heterocycles. The first-order valence-corrected chi connectivity index (χ1v) is 14.2. The summed E-state index contributed by atoms with van der Waals surface area (Å²) < 4.78 is 22.1. The number of hydrogen-bond donors (Lipinski definition) is 2. The number of ether oxygens (including phenoxy) is 1. The number of rotatable bonds is 5. The van der Waals surface area contributed by atoms with Gasteiger partial charge in [0.1, 0.15) is 11.5 Å². The van der Waals surface area contributed by atoms with Crippen LogP contribution in [0.5, 0.6) is 0 Å². The van der Waals surface area contributed by atoms with E-state index in [-0.39, 0.29) is 31.6 Å². The lowest BCUT2D eigenvalue weighted by molar-refractivity contribution is -0.0179. The fourth-order valence-corrected chi connectivity index (χ4v) is 5.66. The topological polar surface area (TPSA) is 87.0 Å². The molecule has 220 valence electrons. The molecular formula is C33H37FN4O4. The third-order valence-electron chi connectivity index (χ3n) is 8.10. The van der Waals surface area contributed by atoms with Gasteiger partial charge in [-0.1, -0.05) is 55.5 Å². The van der Waals surface area contributed by atoms with Crippen molar-refractivity contribution in [2.75, 3.05) is 32.1 Å².